The minimum Gasteiger partial charge on any atom is -0.356 e. The Kier molecular flexibility index (Phi) is 3.85. The Morgan fingerprint density at radius 3 is 2.69 bits per heavy atom. The number of imidazole rings is 1. The molecule has 0 unspecified atom stereocenters. The first-order valence-corrected chi connectivity index (χ1v) is 9.67. The maximum Gasteiger partial charge on any atom is 0.139 e. The largest absolute Gasteiger partial charge is 0.356 e. The number of nitrogens with zero attached hydrogens (tertiary/aromatic N) is 4. The second-order valence-corrected chi connectivity index (χ2v) is 7.67. The number of hydrogen-bond acceptors (Lipinski definition) is 4. The predicted octanol–water partition coefficient (Wildman–Crippen LogP) is 4.65. The fourth-order valence-corrected chi connectivity index (χ4v) is 4.16. The number of fused-ring (bicyclic) bond motifs is 2. The summed E-state index contributed by atoms with van der Waals surface area (Å²) < 4.78 is 1.05. The summed E-state index contributed by atoms with van der Waals surface area (Å²) in [6, 6.07) is 14.4. The molecule has 2 aromatic heterocycles. The molecule has 0 bridgehead atoms. The monoisotopic (exact) mass is 407 g/mol. The molecule has 1 N–H and O–H groups in total. The fraction of sp³-hybridized carbons (Fsp3) is 0.250. The molecule has 0 amide bonds. The summed E-state index contributed by atoms with van der Waals surface area (Å²) in [5.41, 5.74) is 3.16. The topological polar surface area (TPSA) is 57.7 Å². The molecule has 6 heteroatoms. The second-order valence-electron chi connectivity index (χ2n) is 6.76. The molecule has 0 spiro atoms. The minimum atomic E-state index is 0.471. The van der Waals surface area contributed by atoms with Gasteiger partial charge in [0.2, 0.25) is 0 Å². The molecule has 0 saturated carbocycles. The third-order valence-corrected chi connectivity index (χ3v) is 5.66. The maximum atomic E-state index is 4.79. The highest BCUT2D eigenvalue weighted by atomic mass is 79.9. The molecular weight excluding hydrogens is 390 g/mol. The van der Waals surface area contributed by atoms with Crippen LogP contribution in [0.25, 0.3) is 21.9 Å². The molecule has 4 aromatic rings. The number of piperidine rings is 1. The Morgan fingerprint density at radius 2 is 1.85 bits per heavy atom. The van der Waals surface area contributed by atoms with Crippen LogP contribution in [0.5, 0.6) is 0 Å². The van der Waals surface area contributed by atoms with E-state index in [0.29, 0.717) is 5.92 Å². The van der Waals surface area contributed by atoms with Crippen LogP contribution in [0.15, 0.2) is 53.3 Å². The van der Waals surface area contributed by atoms with Gasteiger partial charge in [0, 0.05) is 28.9 Å². The first-order chi connectivity index (χ1) is 12.8. The average molecular weight is 408 g/mol. The summed E-state index contributed by atoms with van der Waals surface area (Å²) in [5, 5.41) is 1.10. The van der Waals surface area contributed by atoms with Gasteiger partial charge in [0.05, 0.1) is 16.6 Å². The van der Waals surface area contributed by atoms with E-state index in [1.54, 1.807) is 6.33 Å². The number of rotatable bonds is 2. The van der Waals surface area contributed by atoms with Crippen LogP contribution in [0.4, 0.5) is 5.82 Å². The van der Waals surface area contributed by atoms with Crippen molar-refractivity contribution < 1.29 is 0 Å². The van der Waals surface area contributed by atoms with Crippen LogP contribution in [0.1, 0.15) is 24.6 Å². The van der Waals surface area contributed by atoms with Crippen molar-refractivity contribution in [1.82, 2.24) is 19.9 Å². The normalized spacial score (nSPS) is 15.8. The van der Waals surface area contributed by atoms with Crippen LogP contribution in [0.3, 0.4) is 0 Å². The van der Waals surface area contributed by atoms with E-state index in [9.17, 15) is 0 Å². The highest BCUT2D eigenvalue weighted by Gasteiger charge is 2.24. The molecule has 0 radical (unpaired) electrons. The smallest absolute Gasteiger partial charge is 0.139 e. The van der Waals surface area contributed by atoms with E-state index in [0.717, 1.165) is 64.0 Å². The maximum absolute atomic E-state index is 4.79. The molecule has 3 heterocycles. The van der Waals surface area contributed by atoms with Crippen LogP contribution >= 0.6 is 15.9 Å². The molecule has 0 atom stereocenters. The number of aromatic nitrogens is 4. The Hall–Kier alpha value is -2.47. The van der Waals surface area contributed by atoms with E-state index in [4.69, 9.17) is 4.98 Å². The van der Waals surface area contributed by atoms with Gasteiger partial charge < -0.3 is 9.88 Å². The van der Waals surface area contributed by atoms with Gasteiger partial charge in [-0.3, -0.25) is 0 Å². The summed E-state index contributed by atoms with van der Waals surface area (Å²) >= 11 is 3.56. The minimum absolute atomic E-state index is 0.471. The zero-order valence-corrected chi connectivity index (χ0v) is 15.8. The SMILES string of the molecule is Brc1ccc2ncnc(N3CCC(c4nc5ccccc5[nH]4)CC3)c2c1. The molecule has 1 fully saturated rings. The first-order valence-electron chi connectivity index (χ1n) is 8.88. The number of H-pyrrole nitrogens is 1. The van der Waals surface area contributed by atoms with Gasteiger partial charge in [-0.25, -0.2) is 15.0 Å². The van der Waals surface area contributed by atoms with Gasteiger partial charge in [-0.2, -0.15) is 0 Å². The number of anilines is 1. The summed E-state index contributed by atoms with van der Waals surface area (Å²) in [4.78, 5) is 19.6. The van der Waals surface area contributed by atoms with Crippen LogP contribution in [0, 0.1) is 0 Å². The van der Waals surface area contributed by atoms with Crippen molar-refractivity contribution in [2.24, 2.45) is 0 Å². The van der Waals surface area contributed by atoms with E-state index in [2.05, 4.69) is 54.0 Å². The number of para-hydroxylation sites is 2. The first kappa shape index (κ1) is 15.8. The number of nitrogens with one attached hydrogen (secondary N) is 1. The molecule has 5 nitrogen and oxygen atoms in total. The molecule has 1 saturated heterocycles. The van der Waals surface area contributed by atoms with Crippen LogP contribution in [-0.4, -0.2) is 33.0 Å². The van der Waals surface area contributed by atoms with E-state index >= 15 is 0 Å². The lowest BCUT2D eigenvalue weighted by molar-refractivity contribution is 0.488. The lowest BCUT2D eigenvalue weighted by atomic mass is 9.96. The molecule has 0 aliphatic carbocycles. The fourth-order valence-electron chi connectivity index (χ4n) is 3.80. The molecule has 1 aliphatic rings. The van der Waals surface area contributed by atoms with E-state index in [-0.39, 0.29) is 0 Å². The molecule has 130 valence electrons. The van der Waals surface area contributed by atoms with Gasteiger partial charge in [-0.1, -0.05) is 28.1 Å². The summed E-state index contributed by atoms with van der Waals surface area (Å²) in [5.74, 6) is 2.61. The number of hydrogen-bond donors (Lipinski definition) is 1. The lowest BCUT2D eigenvalue weighted by Crippen LogP contribution is -2.34. The third-order valence-electron chi connectivity index (χ3n) is 5.17. The van der Waals surface area contributed by atoms with Gasteiger partial charge in [0.1, 0.15) is 18.0 Å². The Bertz CT molecular complexity index is 1050. The van der Waals surface area contributed by atoms with E-state index < -0.39 is 0 Å². The number of aromatic amines is 1. The molecule has 26 heavy (non-hydrogen) atoms. The standard InChI is InChI=1S/C20H18BrN5/c21-14-5-6-16-15(11-14)20(23-12-22-16)26-9-7-13(8-10-26)19-24-17-3-1-2-4-18(17)25-19/h1-6,11-13H,7-10H2,(H,24,25). The highest BCUT2D eigenvalue weighted by molar-refractivity contribution is 9.10. The summed E-state index contributed by atoms with van der Waals surface area (Å²) in [7, 11) is 0. The lowest BCUT2D eigenvalue weighted by Gasteiger charge is -2.32. The third kappa shape index (κ3) is 2.74. The Balaban J connectivity index is 1.39. The molecule has 2 aromatic carbocycles. The quantitative estimate of drug-likeness (QED) is 0.525. The summed E-state index contributed by atoms with van der Waals surface area (Å²) in [6.45, 7) is 1.95. The van der Waals surface area contributed by atoms with Crippen molar-refractivity contribution in [2.75, 3.05) is 18.0 Å². The zero-order valence-electron chi connectivity index (χ0n) is 14.2. The Morgan fingerprint density at radius 1 is 1.00 bits per heavy atom. The summed E-state index contributed by atoms with van der Waals surface area (Å²) in [6.07, 6.45) is 3.80. The van der Waals surface area contributed by atoms with Crippen molar-refractivity contribution in [3.8, 4) is 0 Å². The number of halogens is 1. The molecule has 5 rings (SSSR count). The van der Waals surface area contributed by atoms with E-state index in [1.165, 1.54) is 0 Å². The van der Waals surface area contributed by atoms with E-state index in [1.807, 2.05) is 24.3 Å². The van der Waals surface area contributed by atoms with Gasteiger partial charge >= 0.3 is 0 Å². The van der Waals surface area contributed by atoms with Gasteiger partial charge in [-0.05, 0) is 43.2 Å². The Labute approximate surface area is 159 Å². The predicted molar refractivity (Wildman–Crippen MR) is 108 cm³/mol. The molecular formula is C20H18BrN5. The van der Waals surface area contributed by atoms with Gasteiger partial charge in [-0.15, -0.1) is 0 Å². The van der Waals surface area contributed by atoms with Crippen molar-refractivity contribution in [2.45, 2.75) is 18.8 Å². The zero-order chi connectivity index (χ0) is 17.5. The van der Waals surface area contributed by atoms with Crippen molar-refractivity contribution in [1.29, 1.82) is 0 Å². The van der Waals surface area contributed by atoms with Crippen LogP contribution < -0.4 is 4.90 Å². The number of benzene rings is 2. The van der Waals surface area contributed by atoms with Crippen molar-refractivity contribution in [3.63, 3.8) is 0 Å². The second kappa shape index (κ2) is 6.36. The van der Waals surface area contributed by atoms with Crippen LogP contribution in [-0.2, 0) is 0 Å². The van der Waals surface area contributed by atoms with Crippen molar-refractivity contribution >= 4 is 43.7 Å². The van der Waals surface area contributed by atoms with Crippen LogP contribution in [0.2, 0.25) is 0 Å². The average Bonchev–Trinajstić information content (AvgIpc) is 3.12. The van der Waals surface area contributed by atoms with Gasteiger partial charge in [0.15, 0.2) is 0 Å². The van der Waals surface area contributed by atoms with Gasteiger partial charge in [0.25, 0.3) is 0 Å². The van der Waals surface area contributed by atoms with Crippen molar-refractivity contribution in [3.05, 3.63) is 59.1 Å². The highest BCUT2D eigenvalue weighted by Crippen LogP contribution is 2.32. The molecule has 1 aliphatic heterocycles.